The first-order valence-electron chi connectivity index (χ1n) is 19.5. The van der Waals surface area contributed by atoms with E-state index >= 15 is 0 Å². The Morgan fingerprint density at radius 1 is 0.379 bits per heavy atom. The molecule has 8 aromatic carbocycles. The summed E-state index contributed by atoms with van der Waals surface area (Å²) in [5.41, 5.74) is 11.3. The Hall–Kier alpha value is -7.47. The Labute approximate surface area is 338 Å². The summed E-state index contributed by atoms with van der Waals surface area (Å²) < 4.78 is 4.82. The minimum atomic E-state index is 0.676. The first-order chi connectivity index (χ1) is 28.8. The molecule has 4 heterocycles. The molecule has 0 atom stereocenters. The van der Waals surface area contributed by atoms with Gasteiger partial charge in [-0.2, -0.15) is 0 Å². The molecule has 0 unspecified atom stereocenters. The van der Waals surface area contributed by atoms with Crippen molar-refractivity contribution in [2.24, 2.45) is 0 Å². The standard InChI is InChI=1S/C53H32N4S/c1-2-15-33(16-3-1)45-32-46(55-53(54-45)34-17-14-18-35(31-34)57-47-26-11-8-21-39(47)40-22-9-12-27-48(40)57)38-29-30-42(37-20-5-4-19-36(37)38)50-41-23-6-7-24-43(41)52-51(56-50)44-25-10-13-28-49(44)58-52/h1-32H. The molecule has 4 nitrogen and oxygen atoms in total. The van der Waals surface area contributed by atoms with E-state index in [0.29, 0.717) is 5.82 Å². The molecule has 0 aliphatic carbocycles. The smallest absolute Gasteiger partial charge is 0.160 e. The third-order valence-electron chi connectivity index (χ3n) is 11.4. The first kappa shape index (κ1) is 32.7. The highest BCUT2D eigenvalue weighted by Gasteiger charge is 2.20. The van der Waals surface area contributed by atoms with Crippen molar-refractivity contribution in [1.29, 1.82) is 0 Å². The molecule has 12 aromatic rings. The lowest BCUT2D eigenvalue weighted by atomic mass is 9.93. The van der Waals surface area contributed by atoms with Crippen molar-refractivity contribution in [3.63, 3.8) is 0 Å². The Kier molecular flexibility index (Phi) is 7.37. The summed E-state index contributed by atoms with van der Waals surface area (Å²) >= 11 is 1.82. The van der Waals surface area contributed by atoms with Crippen LogP contribution in [0.2, 0.25) is 0 Å². The molecule has 0 radical (unpaired) electrons. The zero-order valence-electron chi connectivity index (χ0n) is 31.2. The van der Waals surface area contributed by atoms with Crippen LogP contribution in [0.1, 0.15) is 0 Å². The molecule has 0 amide bonds. The molecule has 12 rings (SSSR count). The Morgan fingerprint density at radius 2 is 0.948 bits per heavy atom. The normalized spacial score (nSPS) is 11.8. The van der Waals surface area contributed by atoms with Gasteiger partial charge in [0.05, 0.1) is 38.3 Å². The molecule has 4 aromatic heterocycles. The Bertz CT molecular complexity index is 3530. The number of hydrogen-bond donors (Lipinski definition) is 0. The van der Waals surface area contributed by atoms with E-state index in [9.17, 15) is 0 Å². The Morgan fingerprint density at radius 3 is 1.71 bits per heavy atom. The highest BCUT2D eigenvalue weighted by atomic mass is 32.1. The Balaban J connectivity index is 1.06. The van der Waals surface area contributed by atoms with E-state index in [0.717, 1.165) is 66.7 Å². The van der Waals surface area contributed by atoms with Gasteiger partial charge in [-0.1, -0.05) is 158 Å². The molecule has 0 spiro atoms. The number of para-hydroxylation sites is 2. The van der Waals surface area contributed by atoms with E-state index in [1.165, 1.54) is 42.0 Å². The number of thiophene rings is 1. The van der Waals surface area contributed by atoms with Gasteiger partial charge in [-0.25, -0.2) is 15.0 Å². The maximum atomic E-state index is 5.47. The summed E-state index contributed by atoms with van der Waals surface area (Å²) in [4.78, 5) is 16.1. The molecular weight excluding hydrogens is 725 g/mol. The molecule has 0 aliphatic rings. The third-order valence-corrected chi connectivity index (χ3v) is 12.6. The van der Waals surface area contributed by atoms with Crippen LogP contribution < -0.4 is 0 Å². The average molecular weight is 757 g/mol. The fraction of sp³-hybridized carbons (Fsp3) is 0. The highest BCUT2D eigenvalue weighted by Crippen LogP contribution is 2.43. The van der Waals surface area contributed by atoms with E-state index in [2.05, 4.69) is 193 Å². The van der Waals surface area contributed by atoms with Crippen molar-refractivity contribution in [2.45, 2.75) is 0 Å². The van der Waals surface area contributed by atoms with Gasteiger partial charge < -0.3 is 4.57 Å². The van der Waals surface area contributed by atoms with E-state index in [4.69, 9.17) is 15.0 Å². The number of pyridine rings is 1. The third kappa shape index (κ3) is 5.11. The summed E-state index contributed by atoms with van der Waals surface area (Å²) in [6.45, 7) is 0. The molecule has 0 bridgehead atoms. The monoisotopic (exact) mass is 756 g/mol. The molecule has 0 saturated heterocycles. The predicted molar refractivity (Wildman–Crippen MR) is 244 cm³/mol. The number of nitrogens with zero attached hydrogens (tertiary/aromatic N) is 4. The second-order valence-corrected chi connectivity index (χ2v) is 15.8. The van der Waals surface area contributed by atoms with Gasteiger partial charge in [0.15, 0.2) is 5.82 Å². The van der Waals surface area contributed by atoms with Gasteiger partial charge in [0.2, 0.25) is 0 Å². The number of hydrogen-bond acceptors (Lipinski definition) is 4. The SMILES string of the molecule is c1ccc(-c2cc(-c3ccc(-c4nc5c6ccccc6sc5c5ccccc45)c4ccccc34)nc(-c3cccc(-n4c5ccccc5c5ccccc54)c3)n2)cc1. The number of rotatable bonds is 5. The minimum Gasteiger partial charge on any atom is -0.309 e. The van der Waals surface area contributed by atoms with Crippen LogP contribution in [0.3, 0.4) is 0 Å². The second kappa shape index (κ2) is 13.1. The van der Waals surface area contributed by atoms with Crippen LogP contribution in [0, 0.1) is 0 Å². The lowest BCUT2D eigenvalue weighted by Gasteiger charge is -2.15. The van der Waals surface area contributed by atoms with Gasteiger partial charge in [-0.3, -0.25) is 0 Å². The zero-order chi connectivity index (χ0) is 38.2. The summed E-state index contributed by atoms with van der Waals surface area (Å²) in [5.74, 6) is 0.676. The van der Waals surface area contributed by atoms with Crippen LogP contribution in [-0.4, -0.2) is 19.5 Å². The molecule has 0 saturated carbocycles. The van der Waals surface area contributed by atoms with Crippen LogP contribution in [0.15, 0.2) is 194 Å². The quantitative estimate of drug-likeness (QED) is 0.176. The largest absolute Gasteiger partial charge is 0.309 e. The van der Waals surface area contributed by atoms with Crippen molar-refractivity contribution in [2.75, 3.05) is 0 Å². The summed E-state index contributed by atoms with van der Waals surface area (Å²) in [6.07, 6.45) is 0. The van der Waals surface area contributed by atoms with Crippen LogP contribution in [0.5, 0.6) is 0 Å². The first-order valence-corrected chi connectivity index (χ1v) is 20.3. The molecule has 5 heteroatoms. The fourth-order valence-electron chi connectivity index (χ4n) is 8.78. The van der Waals surface area contributed by atoms with Gasteiger partial charge in [-0.15, -0.1) is 11.3 Å². The number of benzene rings is 8. The van der Waals surface area contributed by atoms with E-state index in [1.54, 1.807) is 0 Å². The molecule has 270 valence electrons. The van der Waals surface area contributed by atoms with Crippen LogP contribution >= 0.6 is 11.3 Å². The lowest BCUT2D eigenvalue weighted by Crippen LogP contribution is -1.99. The van der Waals surface area contributed by atoms with Gasteiger partial charge >= 0.3 is 0 Å². The van der Waals surface area contributed by atoms with E-state index < -0.39 is 0 Å². The van der Waals surface area contributed by atoms with Crippen LogP contribution in [0.4, 0.5) is 0 Å². The van der Waals surface area contributed by atoms with Gasteiger partial charge in [0, 0.05) is 59.6 Å². The van der Waals surface area contributed by atoms with Crippen LogP contribution in [0.25, 0.3) is 115 Å². The molecule has 0 aliphatic heterocycles. The van der Waals surface area contributed by atoms with Crippen molar-refractivity contribution in [1.82, 2.24) is 19.5 Å². The van der Waals surface area contributed by atoms with Crippen molar-refractivity contribution in [3.8, 4) is 50.8 Å². The van der Waals surface area contributed by atoms with Crippen molar-refractivity contribution >= 4 is 75.0 Å². The molecular formula is C53H32N4S. The second-order valence-electron chi connectivity index (χ2n) is 14.7. The maximum Gasteiger partial charge on any atom is 0.160 e. The van der Waals surface area contributed by atoms with Crippen molar-refractivity contribution in [3.05, 3.63) is 194 Å². The lowest BCUT2D eigenvalue weighted by molar-refractivity contribution is 1.16. The van der Waals surface area contributed by atoms with Gasteiger partial charge in [0.25, 0.3) is 0 Å². The summed E-state index contributed by atoms with van der Waals surface area (Å²) in [5, 5.41) is 8.28. The topological polar surface area (TPSA) is 43.6 Å². The number of fused-ring (bicyclic) bond motifs is 9. The predicted octanol–water partition coefficient (Wildman–Crippen LogP) is 14.3. The molecule has 58 heavy (non-hydrogen) atoms. The van der Waals surface area contributed by atoms with Crippen LogP contribution in [-0.2, 0) is 0 Å². The highest BCUT2D eigenvalue weighted by molar-refractivity contribution is 7.26. The zero-order valence-corrected chi connectivity index (χ0v) is 32.0. The maximum absolute atomic E-state index is 5.47. The number of aromatic nitrogens is 4. The van der Waals surface area contributed by atoms with Gasteiger partial charge in [-0.05, 0) is 47.2 Å². The average Bonchev–Trinajstić information content (AvgIpc) is 3.85. The van der Waals surface area contributed by atoms with E-state index in [-0.39, 0.29) is 0 Å². The summed E-state index contributed by atoms with van der Waals surface area (Å²) in [7, 11) is 0. The van der Waals surface area contributed by atoms with Crippen molar-refractivity contribution < 1.29 is 0 Å². The molecule has 0 fully saturated rings. The minimum absolute atomic E-state index is 0.676. The van der Waals surface area contributed by atoms with Gasteiger partial charge in [0.1, 0.15) is 0 Å². The fourth-order valence-corrected chi connectivity index (χ4v) is 9.96. The van der Waals surface area contributed by atoms with E-state index in [1.807, 2.05) is 17.4 Å². The molecule has 0 N–H and O–H groups in total. The summed E-state index contributed by atoms with van der Waals surface area (Å²) in [6, 6.07) is 68.8.